The van der Waals surface area contributed by atoms with Crippen molar-refractivity contribution in [1.82, 2.24) is 0 Å². The first kappa shape index (κ1) is 12.3. The minimum absolute atomic E-state index is 0.170. The summed E-state index contributed by atoms with van der Waals surface area (Å²) >= 11 is 5.72. The number of ether oxygens (including phenoxy) is 1. The molecule has 1 aromatic carbocycles. The van der Waals surface area contributed by atoms with Crippen molar-refractivity contribution in [3.05, 3.63) is 28.8 Å². The van der Waals surface area contributed by atoms with Crippen LogP contribution in [-0.4, -0.2) is 23.7 Å². The molecule has 0 radical (unpaired) electrons. The Morgan fingerprint density at radius 1 is 1.44 bits per heavy atom. The fraction of sp³-hybridized carbons (Fsp3) is 0.200. The third-order valence-electron chi connectivity index (χ3n) is 1.79. The number of carbonyl (C=O) groups excluding carboxylic acids is 1. The van der Waals surface area contributed by atoms with Gasteiger partial charge >= 0.3 is 11.9 Å². The molecule has 0 saturated heterocycles. The predicted molar refractivity (Wildman–Crippen MR) is 58.4 cm³/mol. The highest BCUT2D eigenvalue weighted by molar-refractivity contribution is 6.33. The summed E-state index contributed by atoms with van der Waals surface area (Å²) in [6.45, 7) is -0.170. The molecule has 0 aliphatic rings. The van der Waals surface area contributed by atoms with Gasteiger partial charge in [0.25, 0.3) is 0 Å². The number of esters is 1. The van der Waals surface area contributed by atoms with Crippen LogP contribution in [0.2, 0.25) is 5.02 Å². The number of nitrogens with two attached hydrogens (primary N) is 1. The molecule has 0 heterocycles. The monoisotopic (exact) mass is 243 g/mol. The summed E-state index contributed by atoms with van der Waals surface area (Å²) in [5, 5.41) is 8.61. The van der Waals surface area contributed by atoms with Crippen molar-refractivity contribution in [2.75, 3.05) is 12.3 Å². The van der Waals surface area contributed by atoms with Crippen LogP contribution >= 0.6 is 11.6 Å². The average Bonchev–Trinajstić information content (AvgIpc) is 2.21. The number of benzene rings is 1. The molecule has 0 spiro atoms. The van der Waals surface area contributed by atoms with E-state index in [1.807, 2.05) is 0 Å². The van der Waals surface area contributed by atoms with Crippen LogP contribution in [-0.2, 0) is 9.53 Å². The lowest BCUT2D eigenvalue weighted by atomic mass is 10.2. The lowest BCUT2D eigenvalue weighted by molar-refractivity contribution is -0.137. The zero-order valence-electron chi connectivity index (χ0n) is 8.27. The van der Waals surface area contributed by atoms with Gasteiger partial charge in [-0.2, -0.15) is 0 Å². The molecule has 0 aliphatic carbocycles. The second kappa shape index (κ2) is 5.37. The van der Waals surface area contributed by atoms with Crippen LogP contribution in [0.1, 0.15) is 16.8 Å². The zero-order valence-corrected chi connectivity index (χ0v) is 9.03. The van der Waals surface area contributed by atoms with Crippen molar-refractivity contribution in [2.24, 2.45) is 0 Å². The molecule has 0 bridgehead atoms. The van der Waals surface area contributed by atoms with E-state index >= 15 is 0 Å². The largest absolute Gasteiger partial charge is 0.481 e. The van der Waals surface area contributed by atoms with Crippen LogP contribution < -0.4 is 5.73 Å². The van der Waals surface area contributed by atoms with Gasteiger partial charge in [0.15, 0.2) is 0 Å². The van der Waals surface area contributed by atoms with Gasteiger partial charge in [0, 0.05) is 0 Å². The van der Waals surface area contributed by atoms with Crippen molar-refractivity contribution in [2.45, 2.75) is 6.42 Å². The number of carboxylic acids is 1. The molecule has 0 unspecified atom stereocenters. The fourth-order valence-electron chi connectivity index (χ4n) is 0.968. The highest BCUT2D eigenvalue weighted by Crippen LogP contribution is 2.20. The third kappa shape index (κ3) is 3.43. The summed E-state index contributed by atoms with van der Waals surface area (Å²) in [4.78, 5) is 21.6. The molecule has 1 rings (SSSR count). The van der Waals surface area contributed by atoms with Crippen LogP contribution in [0, 0.1) is 0 Å². The highest BCUT2D eigenvalue weighted by Gasteiger charge is 2.09. The van der Waals surface area contributed by atoms with Crippen molar-refractivity contribution in [3.63, 3.8) is 0 Å². The minimum Gasteiger partial charge on any atom is -0.481 e. The van der Waals surface area contributed by atoms with E-state index in [0.29, 0.717) is 5.69 Å². The van der Waals surface area contributed by atoms with Gasteiger partial charge in [-0.1, -0.05) is 11.6 Å². The van der Waals surface area contributed by atoms with Gasteiger partial charge < -0.3 is 15.6 Å². The van der Waals surface area contributed by atoms with E-state index in [9.17, 15) is 9.59 Å². The van der Waals surface area contributed by atoms with Crippen molar-refractivity contribution < 1.29 is 19.4 Å². The molecular weight excluding hydrogens is 234 g/mol. The number of anilines is 1. The standard InChI is InChI=1S/C10H10ClNO4/c11-7-5-6(1-2-8(7)12)10(15)16-4-3-9(13)14/h1-2,5H,3-4,12H2,(H,13,14). The number of halogens is 1. The lowest BCUT2D eigenvalue weighted by Crippen LogP contribution is -2.09. The van der Waals surface area contributed by atoms with Gasteiger partial charge in [-0.3, -0.25) is 4.79 Å². The maximum Gasteiger partial charge on any atom is 0.338 e. The number of carboxylic acid groups (broad SMARTS) is 1. The van der Waals surface area contributed by atoms with Gasteiger partial charge in [0.05, 0.1) is 22.7 Å². The third-order valence-corrected chi connectivity index (χ3v) is 2.11. The first-order valence-electron chi connectivity index (χ1n) is 4.44. The lowest BCUT2D eigenvalue weighted by Gasteiger charge is -2.04. The number of rotatable bonds is 4. The summed E-state index contributed by atoms with van der Waals surface area (Å²) in [6, 6.07) is 4.32. The molecule has 16 heavy (non-hydrogen) atoms. The molecule has 0 saturated carbocycles. The maximum atomic E-state index is 11.4. The van der Waals surface area contributed by atoms with E-state index in [1.54, 1.807) is 0 Å². The molecule has 0 aromatic heterocycles. The Kier molecular flexibility index (Phi) is 4.13. The number of aliphatic carboxylic acids is 1. The highest BCUT2D eigenvalue weighted by atomic mass is 35.5. The quantitative estimate of drug-likeness (QED) is 0.619. The Labute approximate surface area is 96.8 Å². The molecular formula is C10H10ClNO4. The second-order valence-corrected chi connectivity index (χ2v) is 3.42. The fourth-order valence-corrected chi connectivity index (χ4v) is 1.15. The van der Waals surface area contributed by atoms with E-state index in [4.69, 9.17) is 27.2 Å². The van der Waals surface area contributed by atoms with Gasteiger partial charge in [-0.15, -0.1) is 0 Å². The van der Waals surface area contributed by atoms with Gasteiger partial charge in [-0.25, -0.2) is 4.79 Å². The number of hydrogen-bond acceptors (Lipinski definition) is 4. The van der Waals surface area contributed by atoms with E-state index in [2.05, 4.69) is 0 Å². The minimum atomic E-state index is -1.02. The first-order valence-corrected chi connectivity index (χ1v) is 4.82. The van der Waals surface area contributed by atoms with Crippen LogP contribution in [0.25, 0.3) is 0 Å². The second-order valence-electron chi connectivity index (χ2n) is 3.02. The normalized spacial score (nSPS) is 9.81. The first-order chi connectivity index (χ1) is 7.50. The molecule has 3 N–H and O–H groups in total. The Balaban J connectivity index is 2.59. The van der Waals surface area contributed by atoms with Crippen LogP contribution in [0.4, 0.5) is 5.69 Å². The van der Waals surface area contributed by atoms with E-state index in [0.717, 1.165) is 0 Å². The van der Waals surface area contributed by atoms with E-state index in [1.165, 1.54) is 18.2 Å². The summed E-state index contributed by atoms with van der Waals surface area (Å²) in [5.41, 5.74) is 6.07. The SMILES string of the molecule is Nc1ccc(C(=O)OCCC(=O)O)cc1Cl. The molecule has 6 heteroatoms. The number of nitrogen functional groups attached to an aromatic ring is 1. The molecule has 0 amide bonds. The van der Waals surface area contributed by atoms with Crippen molar-refractivity contribution >= 4 is 29.2 Å². The van der Waals surface area contributed by atoms with E-state index in [-0.39, 0.29) is 23.6 Å². The molecule has 0 aliphatic heterocycles. The Bertz CT molecular complexity index is 419. The smallest absolute Gasteiger partial charge is 0.338 e. The average molecular weight is 244 g/mol. The number of hydrogen-bond donors (Lipinski definition) is 2. The maximum absolute atomic E-state index is 11.4. The van der Waals surface area contributed by atoms with Crippen LogP contribution in [0.15, 0.2) is 18.2 Å². The van der Waals surface area contributed by atoms with E-state index < -0.39 is 11.9 Å². The van der Waals surface area contributed by atoms with Crippen LogP contribution in [0.3, 0.4) is 0 Å². The Morgan fingerprint density at radius 3 is 2.69 bits per heavy atom. The Hall–Kier alpha value is -1.75. The topological polar surface area (TPSA) is 89.6 Å². The molecule has 1 aromatic rings. The molecule has 5 nitrogen and oxygen atoms in total. The zero-order chi connectivity index (χ0) is 12.1. The molecule has 86 valence electrons. The summed E-state index contributed by atoms with van der Waals surface area (Å²) in [6.07, 6.45) is -0.228. The number of carbonyl (C=O) groups is 2. The molecule has 0 atom stereocenters. The van der Waals surface area contributed by atoms with Crippen molar-refractivity contribution in [3.8, 4) is 0 Å². The summed E-state index contributed by atoms with van der Waals surface area (Å²) in [7, 11) is 0. The van der Waals surface area contributed by atoms with Crippen molar-refractivity contribution in [1.29, 1.82) is 0 Å². The van der Waals surface area contributed by atoms with Crippen LogP contribution in [0.5, 0.6) is 0 Å². The van der Waals surface area contributed by atoms with Gasteiger partial charge in [0.2, 0.25) is 0 Å². The van der Waals surface area contributed by atoms with Gasteiger partial charge in [-0.05, 0) is 18.2 Å². The predicted octanol–water partition coefficient (Wildman–Crippen LogP) is 1.55. The summed E-state index contributed by atoms with van der Waals surface area (Å²) in [5.74, 6) is -1.65. The summed E-state index contributed by atoms with van der Waals surface area (Å²) < 4.78 is 4.71. The van der Waals surface area contributed by atoms with Gasteiger partial charge in [0.1, 0.15) is 6.61 Å². The molecule has 0 fully saturated rings. The Morgan fingerprint density at radius 2 is 2.12 bits per heavy atom.